The largest absolute Gasteiger partial charge is 0.497 e. The SMILES string of the molecule is COc1ccc([Si](C)(C)[C@@H]2[C@@H](CC(=O)N3CCC[C@H]3CO)O[C@]3(C(=O)N(Cc4ccc(N5CCNCC5=O)cc4)c4ccc(Br)cc43)[C@H]2C)cc1. The lowest BCUT2D eigenvalue weighted by Gasteiger charge is -2.37. The summed E-state index contributed by atoms with van der Waals surface area (Å²) in [4.78, 5) is 47.1. The van der Waals surface area contributed by atoms with Gasteiger partial charge in [-0.25, -0.2) is 0 Å². The third kappa shape index (κ3) is 6.22. The van der Waals surface area contributed by atoms with Crippen molar-refractivity contribution in [1.82, 2.24) is 10.2 Å². The second-order valence-electron chi connectivity index (χ2n) is 14.9. The molecule has 3 amide bonds. The Hall–Kier alpha value is -3.55. The molecule has 10 nitrogen and oxygen atoms in total. The number of hydrogen-bond acceptors (Lipinski definition) is 7. The van der Waals surface area contributed by atoms with Crippen LogP contribution in [0.2, 0.25) is 18.6 Å². The van der Waals surface area contributed by atoms with Crippen LogP contribution in [0.4, 0.5) is 11.4 Å². The van der Waals surface area contributed by atoms with Gasteiger partial charge in [-0.15, -0.1) is 0 Å². The highest BCUT2D eigenvalue weighted by atomic mass is 79.9. The first-order chi connectivity index (χ1) is 24.5. The fourth-order valence-electron chi connectivity index (χ4n) is 9.13. The molecule has 270 valence electrons. The van der Waals surface area contributed by atoms with Crippen molar-refractivity contribution >= 4 is 58.3 Å². The Morgan fingerprint density at radius 2 is 1.82 bits per heavy atom. The fraction of sp³-hybridized carbons (Fsp3) is 0.462. The van der Waals surface area contributed by atoms with Gasteiger partial charge >= 0.3 is 0 Å². The molecule has 0 unspecified atom stereocenters. The van der Waals surface area contributed by atoms with E-state index < -0.39 is 19.8 Å². The van der Waals surface area contributed by atoms with Gasteiger partial charge in [0.05, 0.1) is 59.1 Å². The lowest BCUT2D eigenvalue weighted by Crippen LogP contribution is -2.52. The molecule has 4 aliphatic heterocycles. The first kappa shape index (κ1) is 35.8. The number of nitrogens with zero attached hydrogens (tertiary/aromatic N) is 3. The molecule has 2 N–H and O–H groups in total. The van der Waals surface area contributed by atoms with E-state index in [2.05, 4.69) is 53.4 Å². The molecule has 3 aromatic carbocycles. The maximum absolute atomic E-state index is 15.1. The number of carbonyl (C=O) groups is 3. The number of methoxy groups -OCH3 is 1. The summed E-state index contributed by atoms with van der Waals surface area (Å²) in [5, 5.41) is 14.4. The number of halogens is 1. The van der Waals surface area contributed by atoms with E-state index in [9.17, 15) is 14.7 Å². The molecule has 3 saturated heterocycles. The van der Waals surface area contributed by atoms with E-state index in [1.807, 2.05) is 64.4 Å². The predicted octanol–water partition coefficient (Wildman–Crippen LogP) is 4.53. The topological polar surface area (TPSA) is 112 Å². The first-order valence-electron chi connectivity index (χ1n) is 17.9. The lowest BCUT2D eigenvalue weighted by atomic mass is 9.82. The van der Waals surface area contributed by atoms with Gasteiger partial charge in [-0.3, -0.25) is 14.4 Å². The Morgan fingerprint density at radius 1 is 1.08 bits per heavy atom. The van der Waals surface area contributed by atoms with Crippen LogP contribution in [0, 0.1) is 5.92 Å². The number of amides is 3. The van der Waals surface area contributed by atoms with Gasteiger partial charge in [-0.2, -0.15) is 0 Å². The average molecular weight is 776 g/mol. The molecule has 3 fully saturated rings. The van der Waals surface area contributed by atoms with Crippen LogP contribution in [0.1, 0.15) is 37.3 Å². The van der Waals surface area contributed by atoms with Gasteiger partial charge in [0.25, 0.3) is 5.91 Å². The number of aliphatic hydroxyl groups excluding tert-OH is 1. The third-order valence-corrected chi connectivity index (χ3v) is 16.6. The number of aliphatic hydroxyl groups is 1. The molecule has 3 aromatic rings. The van der Waals surface area contributed by atoms with Crippen LogP contribution in [0.25, 0.3) is 0 Å². The van der Waals surface area contributed by atoms with Gasteiger partial charge < -0.3 is 34.6 Å². The number of likely N-dealkylation sites (tertiary alicyclic amines) is 1. The minimum Gasteiger partial charge on any atom is -0.497 e. The fourth-order valence-corrected chi connectivity index (χ4v) is 13.5. The summed E-state index contributed by atoms with van der Waals surface area (Å²) in [5.41, 5.74) is 2.01. The summed E-state index contributed by atoms with van der Waals surface area (Å²) in [5.74, 6) is 0.402. The normalized spacial score (nSPS) is 26.4. The Bertz CT molecular complexity index is 1810. The summed E-state index contributed by atoms with van der Waals surface area (Å²) >= 11 is 3.68. The monoisotopic (exact) mass is 774 g/mol. The zero-order valence-corrected chi connectivity index (χ0v) is 32.3. The number of anilines is 2. The van der Waals surface area contributed by atoms with Crippen molar-refractivity contribution in [3.05, 3.63) is 82.3 Å². The van der Waals surface area contributed by atoms with Crippen molar-refractivity contribution in [1.29, 1.82) is 0 Å². The van der Waals surface area contributed by atoms with Gasteiger partial charge in [0.15, 0.2) is 5.60 Å². The minimum absolute atomic E-state index is 0.0369. The van der Waals surface area contributed by atoms with Crippen molar-refractivity contribution in [2.24, 2.45) is 5.92 Å². The van der Waals surface area contributed by atoms with Gasteiger partial charge in [0, 0.05) is 41.3 Å². The van der Waals surface area contributed by atoms with Crippen LogP contribution in [0.3, 0.4) is 0 Å². The summed E-state index contributed by atoms with van der Waals surface area (Å²) in [7, 11) is -0.787. The molecule has 5 atom stereocenters. The highest BCUT2D eigenvalue weighted by molar-refractivity contribution is 9.10. The highest BCUT2D eigenvalue weighted by Gasteiger charge is 2.66. The molecule has 0 saturated carbocycles. The number of hydrogen-bond donors (Lipinski definition) is 2. The number of nitrogens with one attached hydrogen (secondary N) is 1. The van der Waals surface area contributed by atoms with Gasteiger partial charge in [0.2, 0.25) is 11.8 Å². The zero-order valence-electron chi connectivity index (χ0n) is 29.7. The molecule has 0 bridgehead atoms. The third-order valence-electron chi connectivity index (χ3n) is 11.8. The molecule has 0 aliphatic carbocycles. The number of ether oxygens (including phenoxy) is 2. The predicted molar refractivity (Wildman–Crippen MR) is 203 cm³/mol. The maximum Gasteiger partial charge on any atom is 0.264 e. The van der Waals surface area contributed by atoms with Crippen LogP contribution < -0.4 is 25.0 Å². The van der Waals surface area contributed by atoms with Gasteiger partial charge in [0.1, 0.15) is 5.75 Å². The number of fused-ring (bicyclic) bond motifs is 2. The summed E-state index contributed by atoms with van der Waals surface area (Å²) in [6.45, 7) is 9.32. The van der Waals surface area contributed by atoms with Crippen LogP contribution in [0.15, 0.2) is 71.2 Å². The van der Waals surface area contributed by atoms with Crippen molar-refractivity contribution in [3.8, 4) is 5.75 Å². The molecule has 12 heteroatoms. The minimum atomic E-state index is -2.44. The molecule has 0 radical (unpaired) electrons. The van der Waals surface area contributed by atoms with Crippen LogP contribution >= 0.6 is 15.9 Å². The Balaban J connectivity index is 1.25. The van der Waals surface area contributed by atoms with E-state index in [-0.39, 0.29) is 48.3 Å². The molecule has 4 heterocycles. The average Bonchev–Trinajstić information content (AvgIpc) is 3.79. The summed E-state index contributed by atoms with van der Waals surface area (Å²) in [6, 6.07) is 21.8. The number of piperazine rings is 1. The van der Waals surface area contributed by atoms with Crippen LogP contribution in [-0.4, -0.2) is 87.8 Å². The molecular weight excluding hydrogens is 728 g/mol. The molecule has 51 heavy (non-hydrogen) atoms. The molecule has 4 aliphatic rings. The molecular formula is C39H47BrN4O6Si. The number of carbonyl (C=O) groups excluding carboxylic acids is 3. The van der Waals surface area contributed by atoms with Crippen molar-refractivity contribution in [2.45, 2.75) is 69.1 Å². The van der Waals surface area contributed by atoms with E-state index in [0.717, 1.165) is 52.1 Å². The molecule has 1 spiro atoms. The quantitative estimate of drug-likeness (QED) is 0.308. The molecule has 7 rings (SSSR count). The zero-order chi connectivity index (χ0) is 36.1. The standard InChI is InChI=1S/C39H47BrN4O6Si/c1-25-37(51(3,4)31-14-12-30(49-2)13-15-31)34(21-35(46)42-18-5-6-29(42)24-45)50-39(25)32-20-27(40)9-16-33(32)44(38(39)48)23-26-7-10-28(11-8-26)43-19-17-41-22-36(43)47/h7-16,20,25,29,34,37,41,45H,5-6,17-19,21-24H2,1-4H3/t25-,29-,34+,37-,39+/m0/s1. The van der Waals surface area contributed by atoms with Gasteiger partial charge in [-0.05, 0) is 66.4 Å². The van der Waals surface area contributed by atoms with Crippen LogP contribution in [0.5, 0.6) is 5.75 Å². The second-order valence-corrected chi connectivity index (χ2v) is 20.5. The van der Waals surface area contributed by atoms with Crippen molar-refractivity contribution in [3.63, 3.8) is 0 Å². The van der Waals surface area contributed by atoms with E-state index >= 15 is 4.79 Å². The van der Waals surface area contributed by atoms with Crippen molar-refractivity contribution < 1.29 is 29.0 Å². The van der Waals surface area contributed by atoms with Crippen molar-refractivity contribution in [2.75, 3.05) is 49.7 Å². The van der Waals surface area contributed by atoms with E-state index in [1.165, 1.54) is 5.19 Å². The van der Waals surface area contributed by atoms with E-state index in [4.69, 9.17) is 9.47 Å². The Labute approximate surface area is 309 Å². The Kier molecular flexibility index (Phi) is 9.92. The second kappa shape index (κ2) is 14.1. The summed E-state index contributed by atoms with van der Waals surface area (Å²) in [6.07, 6.45) is 1.27. The number of rotatable bonds is 9. The van der Waals surface area contributed by atoms with E-state index in [0.29, 0.717) is 26.2 Å². The summed E-state index contributed by atoms with van der Waals surface area (Å²) < 4.78 is 13.5. The molecule has 0 aromatic heterocycles. The lowest BCUT2D eigenvalue weighted by molar-refractivity contribution is -0.150. The van der Waals surface area contributed by atoms with Crippen LogP contribution in [-0.2, 0) is 31.3 Å². The Morgan fingerprint density at radius 3 is 2.51 bits per heavy atom. The van der Waals surface area contributed by atoms with E-state index in [1.54, 1.807) is 12.0 Å². The van der Waals surface area contributed by atoms with Gasteiger partial charge in [-0.1, -0.05) is 65.4 Å². The number of benzene rings is 3. The first-order valence-corrected chi connectivity index (χ1v) is 21.8. The smallest absolute Gasteiger partial charge is 0.264 e. The highest BCUT2D eigenvalue weighted by Crippen LogP contribution is 2.60. The maximum atomic E-state index is 15.1.